The Bertz CT molecular complexity index is 407. The lowest BCUT2D eigenvalue weighted by Crippen LogP contribution is -2.16. The Labute approximate surface area is 101 Å². The summed E-state index contributed by atoms with van der Waals surface area (Å²) in [6, 6.07) is 7.22. The molecule has 0 bridgehead atoms. The number of carbonyl (C=O) groups excluding carboxylic acids is 2. The predicted molar refractivity (Wildman–Crippen MR) is 67.2 cm³/mol. The molecule has 0 N–H and O–H groups in total. The van der Waals surface area contributed by atoms with Gasteiger partial charge >= 0.3 is 0 Å². The SMILES string of the molecule is CN(C=O)c1ccc(C(=O)CC2CCC2)cc1. The van der Waals surface area contributed by atoms with Crippen LogP contribution < -0.4 is 4.90 Å². The Morgan fingerprint density at radius 1 is 1.35 bits per heavy atom. The number of nitrogens with zero attached hydrogens (tertiary/aromatic N) is 1. The summed E-state index contributed by atoms with van der Waals surface area (Å²) in [4.78, 5) is 24.0. The van der Waals surface area contributed by atoms with Crippen molar-refractivity contribution >= 4 is 17.9 Å². The van der Waals surface area contributed by atoms with Crippen LogP contribution in [0.3, 0.4) is 0 Å². The third kappa shape index (κ3) is 2.73. The molecule has 0 spiro atoms. The van der Waals surface area contributed by atoms with E-state index in [1.54, 1.807) is 19.2 Å². The molecular formula is C14H17NO2. The molecule has 0 saturated heterocycles. The van der Waals surface area contributed by atoms with Crippen LogP contribution in [0.5, 0.6) is 0 Å². The van der Waals surface area contributed by atoms with Gasteiger partial charge in [-0.15, -0.1) is 0 Å². The predicted octanol–water partition coefficient (Wildman–Crippen LogP) is 2.65. The quantitative estimate of drug-likeness (QED) is 0.577. The molecule has 0 unspecified atom stereocenters. The number of rotatable bonds is 5. The van der Waals surface area contributed by atoms with Crippen LogP contribution in [0.2, 0.25) is 0 Å². The summed E-state index contributed by atoms with van der Waals surface area (Å²) in [5.41, 5.74) is 1.56. The van der Waals surface area contributed by atoms with Gasteiger partial charge in [0.15, 0.2) is 5.78 Å². The van der Waals surface area contributed by atoms with Crippen molar-refractivity contribution < 1.29 is 9.59 Å². The van der Waals surface area contributed by atoms with Gasteiger partial charge in [0.1, 0.15) is 0 Å². The highest BCUT2D eigenvalue weighted by molar-refractivity contribution is 5.96. The second-order valence-electron chi connectivity index (χ2n) is 4.69. The minimum Gasteiger partial charge on any atom is -0.318 e. The molecule has 1 aromatic carbocycles. The maximum Gasteiger partial charge on any atom is 0.213 e. The van der Waals surface area contributed by atoms with Gasteiger partial charge in [-0.25, -0.2) is 0 Å². The number of benzene rings is 1. The van der Waals surface area contributed by atoms with Crippen molar-refractivity contribution in [3.8, 4) is 0 Å². The van der Waals surface area contributed by atoms with Crippen LogP contribution in [0.15, 0.2) is 24.3 Å². The van der Waals surface area contributed by atoms with E-state index >= 15 is 0 Å². The molecule has 90 valence electrons. The fourth-order valence-electron chi connectivity index (χ4n) is 2.02. The van der Waals surface area contributed by atoms with Crippen LogP contribution in [0.4, 0.5) is 5.69 Å². The van der Waals surface area contributed by atoms with E-state index in [4.69, 9.17) is 0 Å². The Balaban J connectivity index is 2.01. The monoisotopic (exact) mass is 231 g/mol. The van der Waals surface area contributed by atoms with Gasteiger partial charge in [-0.05, 0) is 30.2 Å². The van der Waals surface area contributed by atoms with Gasteiger partial charge in [0.05, 0.1) is 0 Å². The Hall–Kier alpha value is -1.64. The van der Waals surface area contributed by atoms with Crippen LogP contribution in [-0.4, -0.2) is 19.2 Å². The van der Waals surface area contributed by atoms with E-state index < -0.39 is 0 Å². The van der Waals surface area contributed by atoms with E-state index in [0.717, 1.165) is 17.7 Å². The maximum atomic E-state index is 11.9. The third-order valence-corrected chi connectivity index (χ3v) is 3.45. The highest BCUT2D eigenvalue weighted by Crippen LogP contribution is 2.30. The summed E-state index contributed by atoms with van der Waals surface area (Å²) < 4.78 is 0. The number of hydrogen-bond donors (Lipinski definition) is 0. The van der Waals surface area contributed by atoms with Crippen LogP contribution in [-0.2, 0) is 4.79 Å². The van der Waals surface area contributed by atoms with E-state index in [9.17, 15) is 9.59 Å². The summed E-state index contributed by atoms with van der Waals surface area (Å²) in [6.45, 7) is 0. The molecule has 0 aromatic heterocycles. The number of Topliss-reactive ketones (excluding diaryl/α,β-unsaturated/α-hetero) is 1. The fourth-order valence-corrected chi connectivity index (χ4v) is 2.02. The van der Waals surface area contributed by atoms with E-state index in [1.165, 1.54) is 24.2 Å². The second kappa shape index (κ2) is 5.13. The lowest BCUT2D eigenvalue weighted by molar-refractivity contribution is -0.107. The van der Waals surface area contributed by atoms with Crippen molar-refractivity contribution in [2.45, 2.75) is 25.7 Å². The normalized spacial score (nSPS) is 15.1. The van der Waals surface area contributed by atoms with E-state index in [2.05, 4.69) is 0 Å². The van der Waals surface area contributed by atoms with Gasteiger partial charge in [-0.2, -0.15) is 0 Å². The number of anilines is 1. The third-order valence-electron chi connectivity index (χ3n) is 3.45. The van der Waals surface area contributed by atoms with Gasteiger partial charge in [0.2, 0.25) is 6.41 Å². The number of amides is 1. The standard InChI is InChI=1S/C14H17NO2/c1-15(10-16)13-7-5-12(6-8-13)14(17)9-11-3-2-4-11/h5-8,10-11H,2-4,9H2,1H3. The minimum atomic E-state index is 0.218. The molecule has 3 nitrogen and oxygen atoms in total. The molecular weight excluding hydrogens is 214 g/mol. The Kier molecular flexibility index (Phi) is 3.57. The highest BCUT2D eigenvalue weighted by Gasteiger charge is 2.21. The van der Waals surface area contributed by atoms with Crippen molar-refractivity contribution in [1.29, 1.82) is 0 Å². The highest BCUT2D eigenvalue weighted by atomic mass is 16.1. The zero-order valence-electron chi connectivity index (χ0n) is 10.1. The first kappa shape index (κ1) is 11.8. The van der Waals surface area contributed by atoms with Crippen LogP contribution in [0, 0.1) is 5.92 Å². The molecule has 1 aliphatic carbocycles. The largest absolute Gasteiger partial charge is 0.318 e. The summed E-state index contributed by atoms with van der Waals surface area (Å²) >= 11 is 0. The lowest BCUT2D eigenvalue weighted by atomic mass is 9.81. The van der Waals surface area contributed by atoms with Crippen LogP contribution in [0.25, 0.3) is 0 Å². The Morgan fingerprint density at radius 2 is 2.00 bits per heavy atom. The smallest absolute Gasteiger partial charge is 0.213 e. The average molecular weight is 231 g/mol. The summed E-state index contributed by atoms with van der Waals surface area (Å²) in [5, 5.41) is 0. The molecule has 2 rings (SSSR count). The molecule has 17 heavy (non-hydrogen) atoms. The molecule has 1 saturated carbocycles. The summed E-state index contributed by atoms with van der Waals surface area (Å²) in [6.07, 6.45) is 5.07. The van der Waals surface area contributed by atoms with E-state index in [-0.39, 0.29) is 5.78 Å². The first-order chi connectivity index (χ1) is 8.20. The van der Waals surface area contributed by atoms with Crippen molar-refractivity contribution in [2.24, 2.45) is 5.92 Å². The number of ketones is 1. The van der Waals surface area contributed by atoms with Crippen molar-refractivity contribution in [3.63, 3.8) is 0 Å². The summed E-state index contributed by atoms with van der Waals surface area (Å²) in [7, 11) is 1.69. The second-order valence-corrected chi connectivity index (χ2v) is 4.69. The molecule has 0 heterocycles. The van der Waals surface area contributed by atoms with Crippen molar-refractivity contribution in [3.05, 3.63) is 29.8 Å². The fraction of sp³-hybridized carbons (Fsp3) is 0.429. The first-order valence-electron chi connectivity index (χ1n) is 6.02. The average Bonchev–Trinajstić information content (AvgIpc) is 2.32. The molecule has 0 aliphatic heterocycles. The molecule has 1 aromatic rings. The minimum absolute atomic E-state index is 0.218. The number of hydrogen-bond acceptors (Lipinski definition) is 2. The van der Waals surface area contributed by atoms with Crippen molar-refractivity contribution in [1.82, 2.24) is 0 Å². The van der Waals surface area contributed by atoms with E-state index in [1.807, 2.05) is 12.1 Å². The molecule has 0 atom stereocenters. The van der Waals surface area contributed by atoms with Gasteiger partial charge in [0, 0.05) is 24.7 Å². The van der Waals surface area contributed by atoms with Crippen molar-refractivity contribution in [2.75, 3.05) is 11.9 Å². The van der Waals surface area contributed by atoms with Gasteiger partial charge in [-0.3, -0.25) is 9.59 Å². The molecule has 1 aliphatic rings. The molecule has 1 amide bonds. The number of carbonyl (C=O) groups is 2. The van der Waals surface area contributed by atoms with Gasteiger partial charge < -0.3 is 4.90 Å². The zero-order chi connectivity index (χ0) is 12.3. The van der Waals surface area contributed by atoms with Crippen LogP contribution in [0.1, 0.15) is 36.0 Å². The maximum absolute atomic E-state index is 11.9. The van der Waals surface area contributed by atoms with E-state index in [0.29, 0.717) is 12.3 Å². The first-order valence-corrected chi connectivity index (χ1v) is 6.02. The Morgan fingerprint density at radius 3 is 2.47 bits per heavy atom. The summed E-state index contributed by atoms with van der Waals surface area (Å²) in [5.74, 6) is 0.815. The lowest BCUT2D eigenvalue weighted by Gasteiger charge is -2.24. The molecule has 3 heteroatoms. The van der Waals surface area contributed by atoms with Crippen LogP contribution >= 0.6 is 0 Å². The molecule has 1 fully saturated rings. The molecule has 0 radical (unpaired) electrons. The zero-order valence-corrected chi connectivity index (χ0v) is 10.1. The van der Waals surface area contributed by atoms with Gasteiger partial charge in [0.25, 0.3) is 0 Å². The topological polar surface area (TPSA) is 37.4 Å². The van der Waals surface area contributed by atoms with Gasteiger partial charge in [-0.1, -0.05) is 19.3 Å².